The Kier molecular flexibility index (Phi) is 5.42. The van der Waals surface area contributed by atoms with Gasteiger partial charge in [-0.15, -0.1) is 11.3 Å². The highest BCUT2D eigenvalue weighted by molar-refractivity contribution is 7.89. The van der Waals surface area contributed by atoms with Crippen LogP contribution in [0.25, 0.3) is 0 Å². The van der Waals surface area contributed by atoms with E-state index in [4.69, 9.17) is 28.3 Å². The zero-order valence-electron chi connectivity index (χ0n) is 9.39. The van der Waals surface area contributed by atoms with E-state index in [9.17, 15) is 13.2 Å². The Labute approximate surface area is 119 Å². The zero-order chi connectivity index (χ0) is 13.9. The normalized spacial score (nSPS) is 12.0. The molecule has 1 rings (SSSR count). The molecule has 1 heterocycles. The monoisotopic (exact) mass is 331 g/mol. The van der Waals surface area contributed by atoms with Crippen molar-refractivity contribution in [3.05, 3.63) is 14.7 Å². The molecular formula is C9H11Cl2NO4S2. The number of carboxylic acids is 1. The average Bonchev–Trinajstić information content (AvgIpc) is 2.57. The fourth-order valence-electron chi connectivity index (χ4n) is 1.32. The van der Waals surface area contributed by atoms with Gasteiger partial charge in [0.05, 0.1) is 4.34 Å². The van der Waals surface area contributed by atoms with Crippen LogP contribution in [0.3, 0.4) is 0 Å². The first-order valence-electron chi connectivity index (χ1n) is 4.95. The first-order chi connectivity index (χ1) is 8.28. The van der Waals surface area contributed by atoms with Crippen molar-refractivity contribution in [1.29, 1.82) is 0 Å². The number of carbonyl (C=O) groups is 1. The SMILES string of the molecule is CCCN(CC(=O)O)S(=O)(=O)c1cc(Cl)sc1Cl. The maximum Gasteiger partial charge on any atom is 0.318 e. The van der Waals surface area contributed by atoms with Crippen molar-refractivity contribution in [3.8, 4) is 0 Å². The molecule has 18 heavy (non-hydrogen) atoms. The van der Waals surface area contributed by atoms with Crippen LogP contribution >= 0.6 is 34.5 Å². The van der Waals surface area contributed by atoms with Crippen LogP contribution < -0.4 is 0 Å². The minimum atomic E-state index is -3.92. The molecule has 0 atom stereocenters. The Hall–Kier alpha value is -0.340. The molecule has 1 aromatic heterocycles. The summed E-state index contributed by atoms with van der Waals surface area (Å²) in [6.07, 6.45) is 0.502. The second-order valence-electron chi connectivity index (χ2n) is 3.42. The summed E-state index contributed by atoms with van der Waals surface area (Å²) in [7, 11) is -3.92. The summed E-state index contributed by atoms with van der Waals surface area (Å²) in [4.78, 5) is 10.5. The summed E-state index contributed by atoms with van der Waals surface area (Å²) in [5.41, 5.74) is 0. The Morgan fingerprint density at radius 1 is 1.50 bits per heavy atom. The molecule has 0 radical (unpaired) electrons. The summed E-state index contributed by atoms with van der Waals surface area (Å²) in [6, 6.07) is 1.23. The third kappa shape index (κ3) is 3.58. The lowest BCUT2D eigenvalue weighted by molar-refractivity contribution is -0.137. The van der Waals surface area contributed by atoms with Crippen molar-refractivity contribution in [2.45, 2.75) is 18.2 Å². The van der Waals surface area contributed by atoms with Crippen molar-refractivity contribution < 1.29 is 18.3 Å². The number of hydrogen-bond acceptors (Lipinski definition) is 4. The van der Waals surface area contributed by atoms with Crippen molar-refractivity contribution >= 4 is 50.5 Å². The molecule has 102 valence electrons. The summed E-state index contributed by atoms with van der Waals surface area (Å²) in [6.45, 7) is 1.27. The number of hydrogen-bond donors (Lipinski definition) is 1. The molecule has 5 nitrogen and oxygen atoms in total. The van der Waals surface area contributed by atoms with E-state index in [1.165, 1.54) is 6.07 Å². The third-order valence-electron chi connectivity index (χ3n) is 2.03. The highest BCUT2D eigenvalue weighted by Gasteiger charge is 2.29. The molecule has 0 saturated heterocycles. The first-order valence-corrected chi connectivity index (χ1v) is 7.97. The van der Waals surface area contributed by atoms with E-state index in [-0.39, 0.29) is 20.1 Å². The van der Waals surface area contributed by atoms with Gasteiger partial charge in [-0.25, -0.2) is 8.42 Å². The van der Waals surface area contributed by atoms with Crippen LogP contribution in [0, 0.1) is 0 Å². The zero-order valence-corrected chi connectivity index (χ0v) is 12.5. The predicted octanol–water partition coefficient (Wildman–Crippen LogP) is 2.54. The van der Waals surface area contributed by atoms with Gasteiger partial charge in [0.25, 0.3) is 0 Å². The second kappa shape index (κ2) is 6.21. The van der Waals surface area contributed by atoms with Crippen molar-refractivity contribution in [1.82, 2.24) is 4.31 Å². The lowest BCUT2D eigenvalue weighted by Crippen LogP contribution is -2.36. The predicted molar refractivity (Wildman–Crippen MR) is 71.0 cm³/mol. The van der Waals surface area contributed by atoms with Crippen LogP contribution in [0.5, 0.6) is 0 Å². The van der Waals surface area contributed by atoms with Gasteiger partial charge in [0, 0.05) is 6.54 Å². The van der Waals surface area contributed by atoms with Crippen LogP contribution in [0.2, 0.25) is 8.67 Å². The average molecular weight is 332 g/mol. The van der Waals surface area contributed by atoms with Gasteiger partial charge in [0.1, 0.15) is 15.8 Å². The number of sulfonamides is 1. The largest absolute Gasteiger partial charge is 0.480 e. The van der Waals surface area contributed by atoms with Crippen molar-refractivity contribution in [2.24, 2.45) is 0 Å². The van der Waals surface area contributed by atoms with Crippen LogP contribution in [-0.4, -0.2) is 36.9 Å². The van der Waals surface area contributed by atoms with Gasteiger partial charge in [-0.3, -0.25) is 4.79 Å². The van der Waals surface area contributed by atoms with E-state index in [1.807, 2.05) is 0 Å². The summed E-state index contributed by atoms with van der Waals surface area (Å²) < 4.78 is 25.6. The van der Waals surface area contributed by atoms with Crippen LogP contribution in [0.15, 0.2) is 11.0 Å². The maximum atomic E-state index is 12.2. The van der Waals surface area contributed by atoms with E-state index in [0.717, 1.165) is 15.6 Å². The van der Waals surface area contributed by atoms with E-state index in [1.54, 1.807) is 6.92 Å². The molecular weight excluding hydrogens is 321 g/mol. The molecule has 0 aliphatic carbocycles. The van der Waals surface area contributed by atoms with Gasteiger partial charge in [0.15, 0.2) is 0 Å². The lowest BCUT2D eigenvalue weighted by atomic mass is 10.5. The fraction of sp³-hybridized carbons (Fsp3) is 0.444. The highest BCUT2D eigenvalue weighted by atomic mass is 35.5. The van der Waals surface area contributed by atoms with Gasteiger partial charge >= 0.3 is 5.97 Å². The molecule has 0 bridgehead atoms. The number of rotatable bonds is 6. The second-order valence-corrected chi connectivity index (χ2v) is 7.61. The quantitative estimate of drug-likeness (QED) is 0.869. The molecule has 0 aliphatic heterocycles. The fourth-order valence-corrected chi connectivity index (χ4v) is 4.92. The molecule has 9 heteroatoms. The third-order valence-corrected chi connectivity index (χ3v) is 5.63. The first kappa shape index (κ1) is 15.7. The number of thiophene rings is 1. The summed E-state index contributed by atoms with van der Waals surface area (Å²) >= 11 is 12.4. The Balaban J connectivity index is 3.16. The number of nitrogens with zero attached hydrogens (tertiary/aromatic N) is 1. The summed E-state index contributed by atoms with van der Waals surface area (Å²) in [5, 5.41) is 8.73. The molecule has 0 saturated carbocycles. The maximum absolute atomic E-state index is 12.2. The Morgan fingerprint density at radius 2 is 2.11 bits per heavy atom. The minimum Gasteiger partial charge on any atom is -0.480 e. The molecule has 0 spiro atoms. The Bertz CT molecular complexity index is 541. The van der Waals surface area contributed by atoms with Crippen LogP contribution in [0.1, 0.15) is 13.3 Å². The highest BCUT2D eigenvalue weighted by Crippen LogP contribution is 2.35. The molecule has 1 aromatic rings. The minimum absolute atomic E-state index is 0.0338. The Morgan fingerprint density at radius 3 is 2.50 bits per heavy atom. The molecule has 0 amide bonds. The van der Waals surface area contributed by atoms with Gasteiger partial charge in [-0.05, 0) is 12.5 Å². The number of aliphatic carboxylic acids is 1. The lowest BCUT2D eigenvalue weighted by Gasteiger charge is -2.18. The smallest absolute Gasteiger partial charge is 0.318 e. The van der Waals surface area contributed by atoms with E-state index in [2.05, 4.69) is 0 Å². The number of halogens is 2. The van der Waals surface area contributed by atoms with E-state index in [0.29, 0.717) is 6.42 Å². The molecule has 1 N–H and O–H groups in total. The van der Waals surface area contributed by atoms with Crippen LogP contribution in [-0.2, 0) is 14.8 Å². The van der Waals surface area contributed by atoms with Gasteiger partial charge in [-0.1, -0.05) is 30.1 Å². The molecule has 0 unspecified atom stereocenters. The standard InChI is InChI=1S/C9H11Cl2NO4S2/c1-2-3-12(5-8(13)14)18(15,16)6-4-7(10)17-9(6)11/h4H,2-3,5H2,1H3,(H,13,14). The van der Waals surface area contributed by atoms with Crippen molar-refractivity contribution in [2.75, 3.05) is 13.1 Å². The van der Waals surface area contributed by atoms with Crippen molar-refractivity contribution in [3.63, 3.8) is 0 Å². The van der Waals surface area contributed by atoms with Crippen LogP contribution in [0.4, 0.5) is 0 Å². The van der Waals surface area contributed by atoms with Gasteiger partial charge in [0.2, 0.25) is 10.0 Å². The number of carboxylic acid groups (broad SMARTS) is 1. The topological polar surface area (TPSA) is 74.7 Å². The molecule has 0 aliphatic rings. The van der Waals surface area contributed by atoms with E-state index >= 15 is 0 Å². The summed E-state index contributed by atoms with van der Waals surface area (Å²) in [5.74, 6) is -1.22. The van der Waals surface area contributed by atoms with Gasteiger partial charge < -0.3 is 5.11 Å². The van der Waals surface area contributed by atoms with E-state index < -0.39 is 22.5 Å². The molecule has 0 aromatic carbocycles. The van der Waals surface area contributed by atoms with Gasteiger partial charge in [-0.2, -0.15) is 4.31 Å². The molecule has 0 fully saturated rings.